The summed E-state index contributed by atoms with van der Waals surface area (Å²) in [5.41, 5.74) is -0.613. The smallest absolute Gasteiger partial charge is 0.312 e. The molecular formula is C17H25NO4. The highest BCUT2D eigenvalue weighted by atomic mass is 16.6. The molecule has 1 amide bonds. The van der Waals surface area contributed by atoms with Crippen LogP contribution in [0.15, 0.2) is 12.2 Å². The van der Waals surface area contributed by atoms with Crippen LogP contribution in [0.25, 0.3) is 0 Å². The Kier molecular flexibility index (Phi) is 3.79. The summed E-state index contributed by atoms with van der Waals surface area (Å²) in [4.78, 5) is 27.0. The van der Waals surface area contributed by atoms with Gasteiger partial charge in [0.25, 0.3) is 0 Å². The van der Waals surface area contributed by atoms with Crippen LogP contribution in [0, 0.1) is 23.7 Å². The number of likely N-dealkylation sites (tertiary alicyclic amines) is 1. The molecule has 4 atom stereocenters. The molecule has 0 aromatic carbocycles. The molecule has 3 aliphatic heterocycles. The van der Waals surface area contributed by atoms with Gasteiger partial charge >= 0.3 is 5.97 Å². The summed E-state index contributed by atoms with van der Waals surface area (Å²) >= 11 is 0. The van der Waals surface area contributed by atoms with E-state index in [0.29, 0.717) is 25.6 Å². The van der Waals surface area contributed by atoms with Gasteiger partial charge in [0.15, 0.2) is 0 Å². The van der Waals surface area contributed by atoms with Crippen LogP contribution in [-0.2, 0) is 19.1 Å². The van der Waals surface area contributed by atoms with Crippen LogP contribution in [0.5, 0.6) is 0 Å². The molecule has 2 saturated heterocycles. The van der Waals surface area contributed by atoms with Crippen molar-refractivity contribution in [3.05, 3.63) is 12.2 Å². The lowest BCUT2D eigenvalue weighted by Gasteiger charge is -2.23. The lowest BCUT2D eigenvalue weighted by Crippen LogP contribution is -2.40. The van der Waals surface area contributed by atoms with Gasteiger partial charge in [0.1, 0.15) is 11.5 Å². The summed E-state index contributed by atoms with van der Waals surface area (Å²) in [6.45, 7) is 9.80. The number of ether oxygens (including phenoxy) is 2. The zero-order valence-electron chi connectivity index (χ0n) is 13.7. The molecular weight excluding hydrogens is 282 g/mol. The fourth-order valence-corrected chi connectivity index (χ4v) is 3.79. The number of hydrogen-bond acceptors (Lipinski definition) is 4. The average Bonchev–Trinajstić information content (AvgIpc) is 3.04. The number of nitrogens with zero attached hydrogens (tertiary/aromatic N) is 1. The third-order valence-corrected chi connectivity index (χ3v) is 4.60. The van der Waals surface area contributed by atoms with E-state index in [1.54, 1.807) is 0 Å². The van der Waals surface area contributed by atoms with E-state index in [9.17, 15) is 9.59 Å². The van der Waals surface area contributed by atoms with E-state index in [1.807, 2.05) is 30.9 Å². The van der Waals surface area contributed by atoms with Crippen LogP contribution in [0.1, 0.15) is 27.7 Å². The van der Waals surface area contributed by atoms with Gasteiger partial charge in [-0.2, -0.15) is 0 Å². The number of carbonyl (C=O) groups excluding carboxylic acids is 2. The van der Waals surface area contributed by atoms with Gasteiger partial charge in [-0.3, -0.25) is 9.59 Å². The summed E-state index contributed by atoms with van der Waals surface area (Å²) in [5.74, 6) is -0.493. The van der Waals surface area contributed by atoms with Crippen molar-refractivity contribution in [2.24, 2.45) is 23.7 Å². The lowest BCUT2D eigenvalue weighted by atomic mass is 9.77. The van der Waals surface area contributed by atoms with Crippen molar-refractivity contribution in [2.45, 2.75) is 39.4 Å². The number of rotatable bonds is 5. The topological polar surface area (TPSA) is 55.8 Å². The van der Waals surface area contributed by atoms with E-state index in [0.717, 1.165) is 0 Å². The molecule has 0 N–H and O–H groups in total. The Hall–Kier alpha value is -1.36. The average molecular weight is 307 g/mol. The van der Waals surface area contributed by atoms with Gasteiger partial charge in [-0.15, -0.1) is 0 Å². The maximum atomic E-state index is 12.8. The molecule has 5 nitrogen and oxygen atoms in total. The minimum Gasteiger partial charge on any atom is -0.465 e. The van der Waals surface area contributed by atoms with Gasteiger partial charge in [-0.05, 0) is 11.8 Å². The number of amides is 1. The molecule has 0 radical (unpaired) electrons. The quantitative estimate of drug-likeness (QED) is 0.572. The number of fused-ring (bicyclic) bond motifs is 1. The van der Waals surface area contributed by atoms with E-state index >= 15 is 0 Å². The summed E-state index contributed by atoms with van der Waals surface area (Å²) < 4.78 is 11.4. The fourth-order valence-electron chi connectivity index (χ4n) is 3.79. The van der Waals surface area contributed by atoms with E-state index < -0.39 is 17.4 Å². The fraction of sp³-hybridized carbons (Fsp3) is 0.765. The third-order valence-electron chi connectivity index (χ3n) is 4.60. The van der Waals surface area contributed by atoms with Gasteiger partial charge in [0, 0.05) is 6.54 Å². The van der Waals surface area contributed by atoms with Crippen molar-refractivity contribution in [3.8, 4) is 0 Å². The van der Waals surface area contributed by atoms with Gasteiger partial charge < -0.3 is 14.4 Å². The number of hydrogen-bond donors (Lipinski definition) is 0. The lowest BCUT2D eigenvalue weighted by molar-refractivity contribution is -0.154. The Labute approximate surface area is 131 Å². The normalized spacial score (nSPS) is 35.8. The molecule has 3 rings (SSSR count). The predicted octanol–water partition coefficient (Wildman–Crippen LogP) is 1.62. The van der Waals surface area contributed by atoms with Gasteiger partial charge in [0.2, 0.25) is 5.91 Å². The van der Waals surface area contributed by atoms with Crippen LogP contribution in [0.4, 0.5) is 0 Å². The second-order valence-electron chi connectivity index (χ2n) is 7.54. The molecule has 0 unspecified atom stereocenters. The second kappa shape index (κ2) is 5.37. The molecule has 5 heteroatoms. The SMILES string of the molecule is CC(C)COC(=O)[C@H]1[C@@H]2C=C[C@]3(CN(CC(C)C)C(=O)[C@H]13)O2. The minimum absolute atomic E-state index is 0.0343. The molecule has 0 aromatic heterocycles. The molecule has 2 fully saturated rings. The molecule has 22 heavy (non-hydrogen) atoms. The largest absolute Gasteiger partial charge is 0.465 e. The van der Waals surface area contributed by atoms with Crippen molar-refractivity contribution in [2.75, 3.05) is 19.7 Å². The molecule has 0 saturated carbocycles. The van der Waals surface area contributed by atoms with Gasteiger partial charge in [-0.1, -0.05) is 39.8 Å². The molecule has 0 aromatic rings. The molecule has 0 aliphatic carbocycles. The van der Waals surface area contributed by atoms with Crippen molar-refractivity contribution >= 4 is 11.9 Å². The minimum atomic E-state index is -0.613. The highest BCUT2D eigenvalue weighted by Gasteiger charge is 2.67. The zero-order chi connectivity index (χ0) is 16.1. The van der Waals surface area contributed by atoms with Crippen LogP contribution in [0.2, 0.25) is 0 Å². The first kappa shape index (κ1) is 15.5. The summed E-state index contributed by atoms with van der Waals surface area (Å²) in [5, 5.41) is 0. The summed E-state index contributed by atoms with van der Waals surface area (Å²) in [6.07, 6.45) is 3.59. The molecule has 3 aliphatic rings. The standard InChI is InChI=1S/C17H25NO4/c1-10(2)7-18-9-17-6-5-12(22-17)13(14(17)15(18)19)16(20)21-8-11(3)4/h5-6,10-14H,7-9H2,1-4H3/t12-,13-,14-,17+/m0/s1. The van der Waals surface area contributed by atoms with Crippen LogP contribution in [0.3, 0.4) is 0 Å². The maximum absolute atomic E-state index is 12.8. The van der Waals surface area contributed by atoms with E-state index in [4.69, 9.17) is 9.47 Å². The van der Waals surface area contributed by atoms with Crippen molar-refractivity contribution in [3.63, 3.8) is 0 Å². The van der Waals surface area contributed by atoms with E-state index in [1.165, 1.54) is 0 Å². The van der Waals surface area contributed by atoms with Crippen molar-refractivity contribution in [1.82, 2.24) is 4.90 Å². The maximum Gasteiger partial charge on any atom is 0.312 e. The van der Waals surface area contributed by atoms with Crippen molar-refractivity contribution < 1.29 is 19.1 Å². The first-order valence-corrected chi connectivity index (χ1v) is 8.16. The molecule has 1 spiro atoms. The summed E-state index contributed by atoms with van der Waals surface area (Å²) in [6, 6.07) is 0. The Balaban J connectivity index is 1.79. The monoisotopic (exact) mass is 307 g/mol. The zero-order valence-corrected chi connectivity index (χ0v) is 13.7. The van der Waals surface area contributed by atoms with E-state index in [2.05, 4.69) is 13.8 Å². The Morgan fingerprint density at radius 3 is 2.77 bits per heavy atom. The third kappa shape index (κ3) is 2.35. The molecule has 3 heterocycles. The van der Waals surface area contributed by atoms with Crippen molar-refractivity contribution in [1.29, 1.82) is 0 Å². The number of esters is 1. The first-order chi connectivity index (χ1) is 10.3. The highest BCUT2D eigenvalue weighted by Crippen LogP contribution is 2.52. The van der Waals surface area contributed by atoms with Crippen LogP contribution >= 0.6 is 0 Å². The Morgan fingerprint density at radius 2 is 2.14 bits per heavy atom. The Bertz CT molecular complexity index is 513. The summed E-state index contributed by atoms with van der Waals surface area (Å²) in [7, 11) is 0. The second-order valence-corrected chi connectivity index (χ2v) is 7.54. The van der Waals surface area contributed by atoms with Gasteiger partial charge in [0.05, 0.1) is 25.2 Å². The van der Waals surface area contributed by atoms with E-state index in [-0.39, 0.29) is 23.9 Å². The highest BCUT2D eigenvalue weighted by molar-refractivity contribution is 5.91. The number of carbonyl (C=O) groups is 2. The molecule has 122 valence electrons. The molecule has 2 bridgehead atoms. The van der Waals surface area contributed by atoms with Crippen LogP contribution in [-0.4, -0.2) is 48.2 Å². The van der Waals surface area contributed by atoms with Crippen LogP contribution < -0.4 is 0 Å². The Morgan fingerprint density at radius 1 is 1.41 bits per heavy atom. The van der Waals surface area contributed by atoms with Gasteiger partial charge in [-0.25, -0.2) is 0 Å². The first-order valence-electron chi connectivity index (χ1n) is 8.16. The predicted molar refractivity (Wildman–Crippen MR) is 80.9 cm³/mol.